The van der Waals surface area contributed by atoms with E-state index < -0.39 is 17.5 Å². The molecule has 2 aromatic rings. The molecular formula is C10H7BrF2N4O. The summed E-state index contributed by atoms with van der Waals surface area (Å²) in [6.07, 6.45) is 1.19. The van der Waals surface area contributed by atoms with Gasteiger partial charge in [0.25, 0.3) is 5.91 Å². The Morgan fingerprint density at radius 1 is 1.39 bits per heavy atom. The van der Waals surface area contributed by atoms with E-state index in [1.165, 1.54) is 6.20 Å². The number of aromatic amines is 1. The Kier molecular flexibility index (Phi) is 3.28. The molecule has 0 aliphatic heterocycles. The minimum absolute atomic E-state index is 0.0270. The van der Waals surface area contributed by atoms with E-state index in [2.05, 4.69) is 31.4 Å². The van der Waals surface area contributed by atoms with E-state index in [0.717, 1.165) is 12.1 Å². The lowest BCUT2D eigenvalue weighted by Crippen LogP contribution is -2.14. The standard InChI is InChI=1S/C10H7BrF2N4O/c11-5-1-7(13)8(2-6(5)12)16-10(18)4-3-15-17-9(4)14/h1-3H,(H,16,18)(H3,14,15,17). The van der Waals surface area contributed by atoms with Crippen LogP contribution in [-0.4, -0.2) is 16.1 Å². The third kappa shape index (κ3) is 2.33. The van der Waals surface area contributed by atoms with E-state index in [-0.39, 0.29) is 21.5 Å². The third-order valence-corrected chi connectivity index (χ3v) is 2.78. The smallest absolute Gasteiger partial charge is 0.261 e. The van der Waals surface area contributed by atoms with E-state index >= 15 is 0 Å². The van der Waals surface area contributed by atoms with E-state index in [0.29, 0.717) is 0 Å². The fraction of sp³-hybridized carbons (Fsp3) is 0. The van der Waals surface area contributed by atoms with Gasteiger partial charge in [-0.05, 0) is 22.0 Å². The van der Waals surface area contributed by atoms with Gasteiger partial charge in [-0.15, -0.1) is 0 Å². The molecular weight excluding hydrogens is 310 g/mol. The average molecular weight is 317 g/mol. The molecule has 0 radical (unpaired) electrons. The highest BCUT2D eigenvalue weighted by Gasteiger charge is 2.15. The van der Waals surface area contributed by atoms with Gasteiger partial charge in [-0.1, -0.05) is 0 Å². The second-order valence-corrected chi connectivity index (χ2v) is 4.25. The maximum Gasteiger partial charge on any atom is 0.261 e. The number of carbonyl (C=O) groups is 1. The number of carbonyl (C=O) groups excluding carboxylic acids is 1. The number of amides is 1. The van der Waals surface area contributed by atoms with Crippen molar-refractivity contribution in [3.63, 3.8) is 0 Å². The summed E-state index contributed by atoms with van der Waals surface area (Å²) in [5, 5.41) is 8.12. The highest BCUT2D eigenvalue weighted by atomic mass is 79.9. The number of rotatable bonds is 2. The number of nitrogens with two attached hydrogens (primary N) is 1. The van der Waals surface area contributed by atoms with Crippen molar-refractivity contribution in [2.75, 3.05) is 11.1 Å². The van der Waals surface area contributed by atoms with Crippen molar-refractivity contribution < 1.29 is 13.6 Å². The molecule has 1 heterocycles. The summed E-state index contributed by atoms with van der Waals surface area (Å²) in [6.45, 7) is 0. The summed E-state index contributed by atoms with van der Waals surface area (Å²) in [4.78, 5) is 11.7. The summed E-state index contributed by atoms with van der Waals surface area (Å²) in [5.41, 5.74) is 5.21. The molecule has 94 valence electrons. The second kappa shape index (κ2) is 4.73. The first-order chi connectivity index (χ1) is 8.49. The number of nitrogens with zero attached hydrogens (tertiary/aromatic N) is 1. The number of hydrogen-bond acceptors (Lipinski definition) is 3. The quantitative estimate of drug-likeness (QED) is 0.743. The lowest BCUT2D eigenvalue weighted by atomic mass is 10.2. The maximum absolute atomic E-state index is 13.5. The van der Waals surface area contributed by atoms with Crippen LogP contribution in [0.5, 0.6) is 0 Å². The summed E-state index contributed by atoms with van der Waals surface area (Å²) in [5.74, 6) is -2.09. The number of H-pyrrole nitrogens is 1. The van der Waals surface area contributed by atoms with Crippen molar-refractivity contribution in [1.29, 1.82) is 0 Å². The number of aromatic nitrogens is 2. The summed E-state index contributed by atoms with van der Waals surface area (Å²) in [7, 11) is 0. The van der Waals surface area contributed by atoms with Crippen LogP contribution in [0.25, 0.3) is 0 Å². The molecule has 4 N–H and O–H groups in total. The van der Waals surface area contributed by atoms with Crippen molar-refractivity contribution in [2.45, 2.75) is 0 Å². The van der Waals surface area contributed by atoms with Gasteiger partial charge in [0.1, 0.15) is 23.0 Å². The van der Waals surface area contributed by atoms with Crippen LogP contribution in [0.4, 0.5) is 20.3 Å². The van der Waals surface area contributed by atoms with E-state index in [9.17, 15) is 13.6 Å². The van der Waals surface area contributed by atoms with Crippen molar-refractivity contribution in [3.8, 4) is 0 Å². The van der Waals surface area contributed by atoms with Gasteiger partial charge in [-0.25, -0.2) is 8.78 Å². The van der Waals surface area contributed by atoms with Gasteiger partial charge in [0.15, 0.2) is 0 Å². The largest absolute Gasteiger partial charge is 0.383 e. The molecule has 0 aliphatic rings. The first-order valence-corrected chi connectivity index (χ1v) is 5.53. The van der Waals surface area contributed by atoms with Crippen LogP contribution in [0.2, 0.25) is 0 Å². The van der Waals surface area contributed by atoms with Crippen LogP contribution < -0.4 is 11.1 Å². The van der Waals surface area contributed by atoms with Gasteiger partial charge in [0.2, 0.25) is 0 Å². The van der Waals surface area contributed by atoms with Crippen LogP contribution in [0, 0.1) is 11.6 Å². The third-order valence-electron chi connectivity index (χ3n) is 2.17. The molecule has 18 heavy (non-hydrogen) atoms. The first kappa shape index (κ1) is 12.5. The zero-order valence-corrected chi connectivity index (χ0v) is 10.4. The molecule has 2 rings (SSSR count). The van der Waals surface area contributed by atoms with Crippen molar-refractivity contribution in [1.82, 2.24) is 10.2 Å². The number of nitrogens with one attached hydrogen (secondary N) is 2. The van der Waals surface area contributed by atoms with Crippen molar-refractivity contribution in [2.24, 2.45) is 0 Å². The van der Waals surface area contributed by atoms with Crippen LogP contribution in [0.3, 0.4) is 0 Å². The molecule has 0 spiro atoms. The number of hydrogen-bond donors (Lipinski definition) is 3. The summed E-state index contributed by atoms with van der Waals surface area (Å²) in [6, 6.07) is 1.79. The highest BCUT2D eigenvalue weighted by Crippen LogP contribution is 2.24. The normalized spacial score (nSPS) is 10.4. The van der Waals surface area contributed by atoms with Crippen LogP contribution in [-0.2, 0) is 0 Å². The maximum atomic E-state index is 13.5. The molecule has 0 bridgehead atoms. The topological polar surface area (TPSA) is 83.8 Å². The Hall–Kier alpha value is -1.96. The Balaban J connectivity index is 2.28. The summed E-state index contributed by atoms with van der Waals surface area (Å²) < 4.78 is 26.7. The SMILES string of the molecule is Nc1[nH]ncc1C(=O)Nc1cc(F)c(Br)cc1F. The van der Waals surface area contributed by atoms with Crippen LogP contribution in [0.15, 0.2) is 22.8 Å². The van der Waals surface area contributed by atoms with Gasteiger partial charge in [-0.3, -0.25) is 9.89 Å². The average Bonchev–Trinajstić information content (AvgIpc) is 2.72. The van der Waals surface area contributed by atoms with Crippen molar-refractivity contribution in [3.05, 3.63) is 40.0 Å². The van der Waals surface area contributed by atoms with E-state index in [1.54, 1.807) is 0 Å². The zero-order valence-electron chi connectivity index (χ0n) is 8.80. The lowest BCUT2D eigenvalue weighted by molar-refractivity contribution is 0.102. The van der Waals surface area contributed by atoms with Crippen LogP contribution in [0.1, 0.15) is 10.4 Å². The molecule has 8 heteroatoms. The number of nitrogen functional groups attached to an aromatic ring is 1. The predicted molar refractivity (Wildman–Crippen MR) is 65.0 cm³/mol. The molecule has 0 saturated carbocycles. The molecule has 1 amide bonds. The molecule has 1 aromatic carbocycles. The minimum Gasteiger partial charge on any atom is -0.383 e. The van der Waals surface area contributed by atoms with Crippen LogP contribution >= 0.6 is 15.9 Å². The predicted octanol–water partition coefficient (Wildman–Crippen LogP) is 2.28. The molecule has 0 aliphatic carbocycles. The molecule has 0 fully saturated rings. The van der Waals surface area contributed by atoms with E-state index in [4.69, 9.17) is 5.73 Å². The first-order valence-electron chi connectivity index (χ1n) is 4.73. The molecule has 0 atom stereocenters. The van der Waals surface area contributed by atoms with Crippen molar-refractivity contribution >= 4 is 33.3 Å². The van der Waals surface area contributed by atoms with E-state index in [1.807, 2.05) is 0 Å². The monoisotopic (exact) mass is 316 g/mol. The van der Waals surface area contributed by atoms with Gasteiger partial charge in [0, 0.05) is 6.07 Å². The van der Waals surface area contributed by atoms with Gasteiger partial charge in [0.05, 0.1) is 16.4 Å². The lowest BCUT2D eigenvalue weighted by Gasteiger charge is -2.06. The summed E-state index contributed by atoms with van der Waals surface area (Å²) >= 11 is 2.83. The minimum atomic E-state index is -0.765. The van der Waals surface area contributed by atoms with Gasteiger partial charge < -0.3 is 11.1 Å². The van der Waals surface area contributed by atoms with Gasteiger partial charge >= 0.3 is 0 Å². The number of halogens is 3. The Morgan fingerprint density at radius 2 is 2.11 bits per heavy atom. The fourth-order valence-electron chi connectivity index (χ4n) is 1.29. The van der Waals surface area contributed by atoms with Gasteiger partial charge in [-0.2, -0.15) is 5.10 Å². The Morgan fingerprint density at radius 3 is 2.72 bits per heavy atom. The Labute approximate surface area is 109 Å². The fourth-order valence-corrected chi connectivity index (χ4v) is 1.60. The number of benzene rings is 1. The molecule has 5 nitrogen and oxygen atoms in total. The molecule has 0 unspecified atom stereocenters. The zero-order chi connectivity index (χ0) is 13.3. The highest BCUT2D eigenvalue weighted by molar-refractivity contribution is 9.10. The molecule has 1 aromatic heterocycles. The second-order valence-electron chi connectivity index (χ2n) is 3.40. The molecule has 0 saturated heterocycles. The Bertz CT molecular complexity index is 614. The number of anilines is 2.